The van der Waals surface area contributed by atoms with E-state index in [2.05, 4.69) is 16.0 Å². The molecule has 2 aromatic carbocycles. The van der Waals surface area contributed by atoms with Gasteiger partial charge in [-0.15, -0.1) is 0 Å². The van der Waals surface area contributed by atoms with E-state index in [4.69, 9.17) is 28.6 Å². The second-order valence-corrected chi connectivity index (χ2v) is 6.59. The summed E-state index contributed by atoms with van der Waals surface area (Å²) in [5.74, 6) is 0.601. The third-order valence-electron chi connectivity index (χ3n) is 3.40. The van der Waals surface area contributed by atoms with Crippen LogP contribution < -0.4 is 20.7 Å². The number of thiocarbonyl (C=S) groups is 1. The minimum Gasteiger partial charge on any atom is -0.493 e. The van der Waals surface area contributed by atoms with Crippen LogP contribution in [0, 0.1) is 6.92 Å². The van der Waals surface area contributed by atoms with E-state index in [1.165, 1.54) is 6.92 Å². The first-order valence-electron chi connectivity index (χ1n) is 8.25. The van der Waals surface area contributed by atoms with Crippen LogP contribution in [0.25, 0.3) is 0 Å². The highest BCUT2D eigenvalue weighted by atomic mass is 35.5. The lowest BCUT2D eigenvalue weighted by Crippen LogP contribution is -2.30. The first kappa shape index (κ1) is 20.0. The van der Waals surface area contributed by atoms with Crippen molar-refractivity contribution in [3.05, 3.63) is 53.1 Å². The smallest absolute Gasteiger partial charge is 0.221 e. The summed E-state index contributed by atoms with van der Waals surface area (Å²) in [5, 5.41) is 10.1. The fourth-order valence-electron chi connectivity index (χ4n) is 2.22. The Balaban J connectivity index is 1.68. The number of hydrogen-bond donors (Lipinski definition) is 3. The van der Waals surface area contributed by atoms with Crippen LogP contribution in [0.2, 0.25) is 5.02 Å². The van der Waals surface area contributed by atoms with Crippen LogP contribution in [0.1, 0.15) is 18.9 Å². The normalized spacial score (nSPS) is 10.1. The van der Waals surface area contributed by atoms with Crippen molar-refractivity contribution in [1.29, 1.82) is 0 Å². The first-order chi connectivity index (χ1) is 12.4. The number of ether oxygens (including phenoxy) is 1. The van der Waals surface area contributed by atoms with Crippen molar-refractivity contribution in [1.82, 2.24) is 5.32 Å². The summed E-state index contributed by atoms with van der Waals surface area (Å²) in [7, 11) is 0. The lowest BCUT2D eigenvalue weighted by Gasteiger charge is -2.12. The Morgan fingerprint density at radius 2 is 2.00 bits per heavy atom. The van der Waals surface area contributed by atoms with E-state index in [-0.39, 0.29) is 5.91 Å². The van der Waals surface area contributed by atoms with Gasteiger partial charge in [0.25, 0.3) is 0 Å². The topological polar surface area (TPSA) is 62.4 Å². The fraction of sp³-hybridized carbons (Fsp3) is 0.263. The summed E-state index contributed by atoms with van der Waals surface area (Å²) >= 11 is 11.4. The molecule has 0 fully saturated rings. The third kappa shape index (κ3) is 6.90. The number of hydrogen-bond acceptors (Lipinski definition) is 3. The molecule has 0 heterocycles. The largest absolute Gasteiger partial charge is 0.493 e. The van der Waals surface area contributed by atoms with Gasteiger partial charge in [0, 0.05) is 25.2 Å². The number of amides is 1. The zero-order valence-electron chi connectivity index (χ0n) is 14.8. The van der Waals surface area contributed by atoms with Crippen molar-refractivity contribution in [2.75, 3.05) is 23.8 Å². The zero-order chi connectivity index (χ0) is 18.9. The van der Waals surface area contributed by atoms with Crippen LogP contribution in [0.5, 0.6) is 5.75 Å². The van der Waals surface area contributed by atoms with E-state index in [1.807, 2.05) is 43.3 Å². The number of rotatable bonds is 7. The van der Waals surface area contributed by atoms with Gasteiger partial charge in [-0.3, -0.25) is 4.79 Å². The zero-order valence-corrected chi connectivity index (χ0v) is 16.3. The van der Waals surface area contributed by atoms with Crippen LogP contribution in [0.4, 0.5) is 11.4 Å². The highest BCUT2D eigenvalue weighted by molar-refractivity contribution is 7.80. The molecule has 0 aromatic heterocycles. The number of benzene rings is 2. The minimum absolute atomic E-state index is 0.110. The molecular weight excluding hydrogens is 370 g/mol. The summed E-state index contributed by atoms with van der Waals surface area (Å²) in [6.07, 6.45) is 0.772. The highest BCUT2D eigenvalue weighted by Gasteiger charge is 2.03. The Labute approximate surface area is 164 Å². The fourth-order valence-corrected chi connectivity index (χ4v) is 2.71. The van der Waals surface area contributed by atoms with E-state index in [0.717, 1.165) is 17.7 Å². The molecule has 0 bridgehead atoms. The maximum atomic E-state index is 11.1. The van der Waals surface area contributed by atoms with Crippen molar-refractivity contribution in [3.8, 4) is 5.75 Å². The average Bonchev–Trinajstić information content (AvgIpc) is 2.57. The van der Waals surface area contributed by atoms with Gasteiger partial charge >= 0.3 is 0 Å². The minimum atomic E-state index is -0.110. The molecule has 0 aliphatic heterocycles. The highest BCUT2D eigenvalue weighted by Crippen LogP contribution is 2.22. The van der Waals surface area contributed by atoms with Crippen LogP contribution in [-0.2, 0) is 4.79 Å². The second kappa shape index (κ2) is 9.99. The molecule has 0 aliphatic carbocycles. The van der Waals surface area contributed by atoms with Crippen molar-refractivity contribution < 1.29 is 9.53 Å². The quantitative estimate of drug-likeness (QED) is 0.483. The predicted molar refractivity (Wildman–Crippen MR) is 111 cm³/mol. The number of aryl methyl sites for hydroxylation is 1. The van der Waals surface area contributed by atoms with Gasteiger partial charge in [-0.05, 0) is 55.4 Å². The Kier molecular flexibility index (Phi) is 7.69. The average molecular weight is 392 g/mol. The molecule has 3 N–H and O–H groups in total. The number of anilines is 2. The van der Waals surface area contributed by atoms with Crippen molar-refractivity contribution in [2.45, 2.75) is 20.3 Å². The van der Waals surface area contributed by atoms with E-state index in [0.29, 0.717) is 34.7 Å². The van der Waals surface area contributed by atoms with Crippen LogP contribution in [0.3, 0.4) is 0 Å². The van der Waals surface area contributed by atoms with Gasteiger partial charge in [0.05, 0.1) is 17.3 Å². The van der Waals surface area contributed by atoms with Gasteiger partial charge < -0.3 is 20.7 Å². The molecule has 0 atom stereocenters. The van der Waals surface area contributed by atoms with Gasteiger partial charge in [0.1, 0.15) is 5.75 Å². The molecule has 138 valence electrons. The van der Waals surface area contributed by atoms with Crippen LogP contribution >= 0.6 is 23.8 Å². The number of carbonyl (C=O) groups is 1. The summed E-state index contributed by atoms with van der Waals surface area (Å²) in [6, 6.07) is 13.1. The van der Waals surface area contributed by atoms with Crippen molar-refractivity contribution in [3.63, 3.8) is 0 Å². The Morgan fingerprint density at radius 1 is 1.19 bits per heavy atom. The van der Waals surface area contributed by atoms with E-state index < -0.39 is 0 Å². The lowest BCUT2D eigenvalue weighted by atomic mass is 10.2. The molecule has 0 aliphatic rings. The summed E-state index contributed by atoms with van der Waals surface area (Å²) < 4.78 is 5.68. The Bertz CT molecular complexity index is 783. The van der Waals surface area contributed by atoms with Gasteiger partial charge in [0.15, 0.2) is 5.11 Å². The molecular formula is C19H22ClN3O2S. The molecule has 7 heteroatoms. The molecule has 0 unspecified atom stereocenters. The monoisotopic (exact) mass is 391 g/mol. The van der Waals surface area contributed by atoms with Crippen LogP contribution in [-0.4, -0.2) is 24.2 Å². The second-order valence-electron chi connectivity index (χ2n) is 5.78. The number of nitrogens with one attached hydrogen (secondary N) is 3. The first-order valence-corrected chi connectivity index (χ1v) is 9.04. The Hall–Kier alpha value is -2.31. The van der Waals surface area contributed by atoms with E-state index in [1.54, 1.807) is 6.07 Å². The van der Waals surface area contributed by atoms with Crippen LogP contribution in [0.15, 0.2) is 42.5 Å². The maximum absolute atomic E-state index is 11.1. The van der Waals surface area contributed by atoms with E-state index in [9.17, 15) is 4.79 Å². The summed E-state index contributed by atoms with van der Waals surface area (Å²) in [6.45, 7) is 4.66. The molecule has 26 heavy (non-hydrogen) atoms. The van der Waals surface area contributed by atoms with Gasteiger partial charge in [-0.1, -0.05) is 23.7 Å². The molecule has 1 amide bonds. The molecule has 2 aromatic rings. The molecule has 0 radical (unpaired) electrons. The predicted octanol–water partition coefficient (Wildman–Crippen LogP) is 4.36. The number of carbonyl (C=O) groups excluding carboxylic acids is 1. The van der Waals surface area contributed by atoms with Gasteiger partial charge in [0.2, 0.25) is 5.91 Å². The molecule has 5 nitrogen and oxygen atoms in total. The maximum Gasteiger partial charge on any atom is 0.221 e. The van der Waals surface area contributed by atoms with E-state index >= 15 is 0 Å². The van der Waals surface area contributed by atoms with Crippen molar-refractivity contribution >= 4 is 46.2 Å². The third-order valence-corrected chi connectivity index (χ3v) is 3.96. The van der Waals surface area contributed by atoms with Crippen molar-refractivity contribution in [2.24, 2.45) is 0 Å². The molecule has 0 spiro atoms. The number of halogens is 1. The van der Waals surface area contributed by atoms with Gasteiger partial charge in [-0.25, -0.2) is 0 Å². The van der Waals surface area contributed by atoms with Gasteiger partial charge in [-0.2, -0.15) is 0 Å². The summed E-state index contributed by atoms with van der Waals surface area (Å²) in [4.78, 5) is 11.1. The summed E-state index contributed by atoms with van der Waals surface area (Å²) in [5.41, 5.74) is 2.59. The Morgan fingerprint density at radius 3 is 2.73 bits per heavy atom. The molecule has 0 saturated carbocycles. The standard InChI is InChI=1S/C19H22ClN3O2S/c1-13-7-8-18(17(20)11-13)23-19(26)21-9-4-10-25-16-6-3-5-15(12-16)22-14(2)24/h3,5-8,11-12H,4,9-10H2,1-2H3,(H,22,24)(H2,21,23,26). The molecule has 2 rings (SSSR count). The molecule has 0 saturated heterocycles. The SMILES string of the molecule is CC(=O)Nc1cccc(OCCCNC(=S)Nc2ccc(C)cc2Cl)c1. The lowest BCUT2D eigenvalue weighted by molar-refractivity contribution is -0.114.